The van der Waals surface area contributed by atoms with E-state index in [2.05, 4.69) is 11.9 Å². The van der Waals surface area contributed by atoms with Crippen LogP contribution >= 0.6 is 0 Å². The zero-order valence-corrected chi connectivity index (χ0v) is 16.7. The van der Waals surface area contributed by atoms with Gasteiger partial charge in [0.1, 0.15) is 16.9 Å². The van der Waals surface area contributed by atoms with Crippen molar-refractivity contribution < 1.29 is 14.6 Å². The number of benzene rings is 1. The molecule has 0 fully saturated rings. The summed E-state index contributed by atoms with van der Waals surface area (Å²) in [5.74, 6) is 0.319. The highest BCUT2D eigenvalue weighted by Crippen LogP contribution is 2.46. The molecule has 26 heavy (non-hydrogen) atoms. The number of phenols is 1. The number of pyridine rings is 1. The van der Waals surface area contributed by atoms with E-state index in [4.69, 9.17) is 4.74 Å². The molecule has 0 saturated carbocycles. The first kappa shape index (κ1) is 20.0. The molecule has 1 aromatic heterocycles. The number of nitrogens with zero attached hydrogens (tertiary/aromatic N) is 2. The third-order valence-electron chi connectivity index (χ3n) is 4.24. The monoisotopic (exact) mass is 358 g/mol. The average molecular weight is 358 g/mol. The average Bonchev–Trinajstić information content (AvgIpc) is 2.94. The minimum Gasteiger partial charge on any atom is -0.506 e. The second kappa shape index (κ2) is 7.94. The molecule has 0 saturated heterocycles. The van der Waals surface area contributed by atoms with Gasteiger partial charge in [-0.1, -0.05) is 33.3 Å². The van der Waals surface area contributed by atoms with Crippen LogP contribution in [-0.2, 0) is 4.74 Å². The summed E-state index contributed by atoms with van der Waals surface area (Å²) in [6.45, 7) is 12.3. The lowest BCUT2D eigenvalue weighted by Crippen LogP contribution is -2.36. The Morgan fingerprint density at radius 2 is 2.08 bits per heavy atom. The van der Waals surface area contributed by atoms with Gasteiger partial charge in [-0.3, -0.25) is 9.88 Å². The molecular weight excluding hydrogens is 328 g/mol. The molecule has 2 aromatic rings. The molecule has 1 amide bonds. The van der Waals surface area contributed by atoms with Gasteiger partial charge < -0.3 is 9.84 Å². The molecule has 1 N–H and O–H groups in total. The molecule has 1 aliphatic heterocycles. The summed E-state index contributed by atoms with van der Waals surface area (Å²) in [5, 5.41) is 11.3. The third kappa shape index (κ3) is 3.92. The van der Waals surface area contributed by atoms with Crippen molar-refractivity contribution in [1.29, 1.82) is 0 Å². The van der Waals surface area contributed by atoms with Crippen LogP contribution in [0.3, 0.4) is 0 Å². The number of rotatable bonds is 2. The summed E-state index contributed by atoms with van der Waals surface area (Å²) in [5.41, 5.74) is 1.85. The van der Waals surface area contributed by atoms with Crippen molar-refractivity contribution in [2.45, 2.75) is 65.9 Å². The lowest BCUT2D eigenvalue weighted by molar-refractivity contribution is 0.0582. The molecule has 1 unspecified atom stereocenters. The van der Waals surface area contributed by atoms with Crippen molar-refractivity contribution in [3.05, 3.63) is 30.0 Å². The topological polar surface area (TPSA) is 62.7 Å². The lowest BCUT2D eigenvalue weighted by Gasteiger charge is -2.25. The maximum absolute atomic E-state index is 12.6. The Balaban J connectivity index is 0.00000117. The van der Waals surface area contributed by atoms with E-state index in [1.165, 1.54) is 0 Å². The number of hydrogen-bond acceptors (Lipinski definition) is 4. The summed E-state index contributed by atoms with van der Waals surface area (Å²) < 4.78 is 5.55. The first-order chi connectivity index (χ1) is 12.3. The minimum absolute atomic E-state index is 0.0926. The lowest BCUT2D eigenvalue weighted by atomic mass is 9.93. The molecule has 0 bridgehead atoms. The van der Waals surface area contributed by atoms with Crippen molar-refractivity contribution in [3.63, 3.8) is 0 Å². The maximum Gasteiger partial charge on any atom is 0.414 e. The van der Waals surface area contributed by atoms with Gasteiger partial charge in [-0.2, -0.15) is 0 Å². The molecule has 0 aliphatic carbocycles. The van der Waals surface area contributed by atoms with Crippen molar-refractivity contribution in [1.82, 2.24) is 4.98 Å². The van der Waals surface area contributed by atoms with Crippen molar-refractivity contribution in [2.75, 3.05) is 11.4 Å². The van der Waals surface area contributed by atoms with Crippen molar-refractivity contribution in [3.8, 4) is 5.75 Å². The quantitative estimate of drug-likeness (QED) is 0.758. The van der Waals surface area contributed by atoms with Crippen molar-refractivity contribution in [2.24, 2.45) is 0 Å². The molecule has 1 aromatic carbocycles. The van der Waals surface area contributed by atoms with Gasteiger partial charge in [-0.15, -0.1) is 0 Å². The van der Waals surface area contributed by atoms with Crippen LogP contribution in [0.15, 0.2) is 24.4 Å². The van der Waals surface area contributed by atoms with E-state index in [9.17, 15) is 9.90 Å². The van der Waals surface area contributed by atoms with E-state index >= 15 is 0 Å². The first-order valence-electron chi connectivity index (χ1n) is 9.43. The zero-order valence-electron chi connectivity index (χ0n) is 16.7. The highest BCUT2D eigenvalue weighted by Gasteiger charge is 2.36. The summed E-state index contributed by atoms with van der Waals surface area (Å²) in [7, 11) is 0. The number of hydrogen-bond donors (Lipinski definition) is 1. The van der Waals surface area contributed by atoms with Crippen molar-refractivity contribution >= 4 is 22.7 Å². The molecule has 142 valence electrons. The number of amides is 1. The molecular formula is C21H30N2O3. The van der Waals surface area contributed by atoms with Gasteiger partial charge in [0.15, 0.2) is 0 Å². The van der Waals surface area contributed by atoms with Crippen LogP contribution in [-0.4, -0.2) is 28.3 Å². The number of fused-ring (bicyclic) bond motifs is 3. The Morgan fingerprint density at radius 3 is 2.69 bits per heavy atom. The normalized spacial score (nSPS) is 16.1. The summed E-state index contributed by atoms with van der Waals surface area (Å²) >= 11 is 0. The number of ether oxygens (including phenoxy) is 1. The summed E-state index contributed by atoms with van der Waals surface area (Å²) in [6, 6.07) is 5.47. The van der Waals surface area contributed by atoms with E-state index in [0.29, 0.717) is 12.1 Å². The number of aromatic hydroxyl groups is 1. The molecule has 5 heteroatoms. The van der Waals surface area contributed by atoms with Crippen LogP contribution in [0.1, 0.15) is 65.9 Å². The molecule has 1 aliphatic rings. The van der Waals surface area contributed by atoms with E-state index in [1.54, 1.807) is 17.2 Å². The molecule has 2 heterocycles. The van der Waals surface area contributed by atoms with E-state index in [0.717, 1.165) is 29.5 Å². The fourth-order valence-electron chi connectivity index (χ4n) is 3.38. The van der Waals surface area contributed by atoms with Gasteiger partial charge in [-0.05, 0) is 38.8 Å². The predicted octanol–water partition coefficient (Wildman–Crippen LogP) is 5.61. The fourth-order valence-corrected chi connectivity index (χ4v) is 3.38. The largest absolute Gasteiger partial charge is 0.506 e. The highest BCUT2D eigenvalue weighted by atomic mass is 16.6. The van der Waals surface area contributed by atoms with E-state index in [1.807, 2.05) is 46.8 Å². The third-order valence-corrected chi connectivity index (χ3v) is 4.24. The smallest absolute Gasteiger partial charge is 0.414 e. The van der Waals surface area contributed by atoms with Crippen LogP contribution in [0.2, 0.25) is 0 Å². The second-order valence-corrected chi connectivity index (χ2v) is 7.30. The van der Waals surface area contributed by atoms with Crippen LogP contribution in [0.5, 0.6) is 5.75 Å². The molecule has 0 radical (unpaired) electrons. The Kier molecular flexibility index (Phi) is 6.11. The number of aromatic nitrogens is 1. The van der Waals surface area contributed by atoms with Gasteiger partial charge in [0.2, 0.25) is 0 Å². The summed E-state index contributed by atoms with van der Waals surface area (Å²) in [6.07, 6.45) is 3.30. The number of anilines is 1. The SMILES string of the molecule is CC.CCCC1CN(C(=O)OC(C)(C)C)c2cc(O)c3ncccc3c21. The number of carbonyl (C=O) groups is 1. The van der Waals surface area contributed by atoms with Crippen LogP contribution < -0.4 is 4.90 Å². The Hall–Kier alpha value is -2.30. The minimum atomic E-state index is -0.555. The Morgan fingerprint density at radius 1 is 1.38 bits per heavy atom. The van der Waals surface area contributed by atoms with Gasteiger partial charge in [0.05, 0.1) is 5.69 Å². The molecule has 3 rings (SSSR count). The van der Waals surface area contributed by atoms with Gasteiger partial charge in [0.25, 0.3) is 0 Å². The standard InChI is InChI=1S/C19H24N2O3.C2H6/c1-5-7-12-11-21(18(23)24-19(2,3)4)14-10-15(22)17-13(16(12)14)8-6-9-20-17;1-2/h6,8-10,12,22H,5,7,11H2,1-4H3;1-2H3. The van der Waals surface area contributed by atoms with E-state index < -0.39 is 5.60 Å². The van der Waals surface area contributed by atoms with Gasteiger partial charge in [0, 0.05) is 30.1 Å². The number of phenolic OH excluding ortho intramolecular Hbond substituents is 1. The molecule has 0 spiro atoms. The fraction of sp³-hybridized carbons (Fsp3) is 0.524. The summed E-state index contributed by atoms with van der Waals surface area (Å²) in [4.78, 5) is 18.6. The predicted molar refractivity (Wildman–Crippen MR) is 106 cm³/mol. The van der Waals surface area contributed by atoms with Crippen LogP contribution in [0, 0.1) is 0 Å². The zero-order chi connectivity index (χ0) is 19.5. The maximum atomic E-state index is 12.6. The second-order valence-electron chi connectivity index (χ2n) is 7.30. The molecule has 1 atom stereocenters. The van der Waals surface area contributed by atoms with Crippen LogP contribution in [0.25, 0.3) is 10.9 Å². The highest BCUT2D eigenvalue weighted by molar-refractivity contribution is 6.00. The number of carbonyl (C=O) groups excluding carboxylic acids is 1. The van der Waals surface area contributed by atoms with Gasteiger partial charge in [-0.25, -0.2) is 4.79 Å². The molecule has 5 nitrogen and oxygen atoms in total. The Labute approximate surface area is 156 Å². The van der Waals surface area contributed by atoms with Crippen LogP contribution in [0.4, 0.5) is 10.5 Å². The Bertz CT molecular complexity index is 781. The first-order valence-corrected chi connectivity index (χ1v) is 9.43. The van der Waals surface area contributed by atoms with E-state index in [-0.39, 0.29) is 17.8 Å². The van der Waals surface area contributed by atoms with Gasteiger partial charge >= 0.3 is 6.09 Å².